The number of nitrogens with zero attached hydrogens (tertiary/aromatic N) is 1. The summed E-state index contributed by atoms with van der Waals surface area (Å²) in [7, 11) is 1.62. The number of aryl methyl sites for hydroxylation is 1. The number of benzene rings is 7. The summed E-state index contributed by atoms with van der Waals surface area (Å²) in [5.41, 5.74) is 16.8. The van der Waals surface area contributed by atoms with E-state index in [4.69, 9.17) is 24.1 Å². The molecule has 628 valence electrons. The Hall–Kier alpha value is -9.78. The smallest absolute Gasteiger partial charge is 0.235 e. The van der Waals surface area contributed by atoms with Crippen LogP contribution in [0, 0.1) is 44.9 Å². The zero-order valence-electron chi connectivity index (χ0n) is 75.2. The third-order valence-electron chi connectivity index (χ3n) is 21.7. The number of para-hydroxylation sites is 2. The van der Waals surface area contributed by atoms with Gasteiger partial charge in [0.05, 0.1) is 19.1 Å². The van der Waals surface area contributed by atoms with Crippen LogP contribution in [0.15, 0.2) is 214 Å². The zero-order valence-corrected chi connectivity index (χ0v) is 75.2. The van der Waals surface area contributed by atoms with Gasteiger partial charge in [-0.1, -0.05) is 287 Å². The molecule has 0 amide bonds. The van der Waals surface area contributed by atoms with Gasteiger partial charge >= 0.3 is 0 Å². The number of aliphatic hydroxyl groups is 1. The van der Waals surface area contributed by atoms with Crippen LogP contribution < -0.4 is 14.9 Å². The van der Waals surface area contributed by atoms with E-state index in [2.05, 4.69) is 188 Å². The molecule has 2 aliphatic rings. The summed E-state index contributed by atoms with van der Waals surface area (Å²) in [6, 6.07) is 41.9. The lowest BCUT2D eigenvalue weighted by Gasteiger charge is -2.38. The average Bonchev–Trinajstić information content (AvgIpc) is 0.771. The number of pyridine rings is 1. The molecule has 0 spiro atoms. The monoisotopic (exact) mass is 1580 g/mol. The van der Waals surface area contributed by atoms with Crippen LogP contribution in [0.25, 0.3) is 33.2 Å². The second-order valence-corrected chi connectivity index (χ2v) is 37.0. The van der Waals surface area contributed by atoms with E-state index >= 15 is 0 Å². The summed E-state index contributed by atoms with van der Waals surface area (Å²) in [5, 5.41) is 68.7. The van der Waals surface area contributed by atoms with Crippen molar-refractivity contribution < 1.29 is 49.6 Å². The molecule has 1 aliphatic heterocycles. The number of hydrogen-bond acceptors (Lipinski definition) is 12. The molecule has 7 aromatic carbocycles. The Kier molecular flexibility index (Phi) is 36.2. The van der Waals surface area contributed by atoms with Gasteiger partial charge in [-0.3, -0.25) is 9.78 Å². The third kappa shape index (κ3) is 29.4. The van der Waals surface area contributed by atoms with Crippen LogP contribution in [-0.4, -0.2) is 60.0 Å². The molecule has 11 rings (SSSR count). The standard InChI is InChI=1S/C24H40O2.C20H30O.C15H10O3.C15H24O.C11H16O2.C10H14O.C9H7NO/c1-16(2)10-8-11-17(3)12-9-14-24(7)15-13-21-20(6)22(25)18(4)19(5)23(21)26-24;1-16(8-6-9-17(2)13-15-21)11-12-19-18(3)10-7-14-20(19,4)5;16-13-11-8-4-5-9-12(11)18-15(14(13)17)10-6-2-1-3-7-10;1-10-8-11(14(2,3)4)13(16)12(9-10)15(5,6)7;1-11(2,3)9-7-8(13-4)5-6-10(9)12;1-10(2,3)8-4-6-9(11)7-5-8;11-8-5-1-3-7-4-2-6-10-9(7)8/h16-17,25H,8-15H2,1-7H3;6,8-9,11-13,21H,7,10,14-15H2,1-5H3;1-9,17H;8-9,16H,1-7H3;5-7,12H,1-4H3;4-7,11H,1-3H3;1-6,11H/b;9-6+,12-11+,16-8+,17-13+;;;;;. The Balaban J connectivity index is 0.000000246. The van der Waals surface area contributed by atoms with E-state index < -0.39 is 5.43 Å². The van der Waals surface area contributed by atoms with E-state index in [1.807, 2.05) is 87.5 Å². The predicted molar refractivity (Wildman–Crippen MR) is 488 cm³/mol. The van der Waals surface area contributed by atoms with E-state index in [0.29, 0.717) is 50.5 Å². The van der Waals surface area contributed by atoms with Crippen molar-refractivity contribution >= 4 is 21.9 Å². The lowest BCUT2D eigenvalue weighted by atomic mass is 9.72. The van der Waals surface area contributed by atoms with Crippen molar-refractivity contribution in [3.63, 3.8) is 0 Å². The van der Waals surface area contributed by atoms with Crippen molar-refractivity contribution in [1.29, 1.82) is 0 Å². The Morgan fingerprint density at radius 2 is 1.20 bits per heavy atom. The van der Waals surface area contributed by atoms with E-state index in [1.54, 1.807) is 92.2 Å². The van der Waals surface area contributed by atoms with Crippen molar-refractivity contribution in [3.8, 4) is 57.3 Å². The minimum atomic E-state index is -0.407. The maximum absolute atomic E-state index is 12.0. The maximum atomic E-state index is 12.0. The molecule has 3 heterocycles. The highest BCUT2D eigenvalue weighted by molar-refractivity contribution is 5.84. The Bertz CT molecular complexity index is 4820. The van der Waals surface area contributed by atoms with Gasteiger partial charge < -0.3 is 49.6 Å². The number of aromatic nitrogens is 1. The zero-order chi connectivity index (χ0) is 86.8. The largest absolute Gasteiger partial charge is 0.508 e. The van der Waals surface area contributed by atoms with Crippen LogP contribution in [0.3, 0.4) is 0 Å². The molecule has 116 heavy (non-hydrogen) atoms. The number of rotatable bonds is 15. The summed E-state index contributed by atoms with van der Waals surface area (Å²) in [6.07, 6.45) is 27.7. The molecule has 0 saturated heterocycles. The Morgan fingerprint density at radius 3 is 1.78 bits per heavy atom. The molecule has 12 heteroatoms. The number of ether oxygens (including phenoxy) is 2. The van der Waals surface area contributed by atoms with Crippen LogP contribution in [-0.2, 0) is 28.1 Å². The Labute approximate surface area is 696 Å². The predicted octanol–water partition coefficient (Wildman–Crippen LogP) is 27.3. The fraction of sp³-hybridized carbons (Fsp3) is 0.442. The minimum absolute atomic E-state index is 0.0178. The lowest BCUT2D eigenvalue weighted by Crippen LogP contribution is -2.37. The first-order chi connectivity index (χ1) is 54.1. The Morgan fingerprint density at radius 1 is 0.595 bits per heavy atom. The molecular formula is C104H141NO11. The number of fused-ring (bicyclic) bond motifs is 3. The van der Waals surface area contributed by atoms with E-state index in [-0.39, 0.29) is 51.1 Å². The SMILES string of the molecule is CC(C)(C)c1ccc(O)cc1.CC1=C(/C=C/C(C)=C/C=C/C(C)=C/CO)C(C)(C)CCC1.COc1ccc(O)c(C(C)(C)C)c1.Cc1c(C)c2c(c(C)c1O)CCC(C)(CCCC(C)CCCC(C)C)O2.Cc1cc(C(C)(C)C)c(O)c(C(C)(C)C)c1.O=c1c(O)c(-c2ccccc2)oc2ccccc12.Oc1cccc2cccnc12. The molecule has 0 fully saturated rings. The topological polar surface area (TPSA) is 203 Å². The van der Waals surface area contributed by atoms with Gasteiger partial charge in [-0.2, -0.15) is 0 Å². The average molecular weight is 1580 g/mol. The number of aliphatic hydroxyl groups excluding tert-OH is 1. The van der Waals surface area contributed by atoms with Crippen molar-refractivity contribution in [1.82, 2.24) is 4.98 Å². The van der Waals surface area contributed by atoms with Crippen molar-refractivity contribution in [2.24, 2.45) is 17.3 Å². The highest BCUT2D eigenvalue weighted by Gasteiger charge is 2.35. The first-order valence-corrected chi connectivity index (χ1v) is 41.5. The van der Waals surface area contributed by atoms with E-state index in [9.17, 15) is 30.3 Å². The summed E-state index contributed by atoms with van der Waals surface area (Å²) in [4.78, 5) is 16.0. The molecule has 0 radical (unpaired) electrons. The number of aromatic hydroxyl groups is 6. The minimum Gasteiger partial charge on any atom is -0.508 e. The molecule has 2 unspecified atom stereocenters. The highest BCUT2D eigenvalue weighted by atomic mass is 16.5. The first-order valence-electron chi connectivity index (χ1n) is 41.5. The van der Waals surface area contributed by atoms with E-state index in [0.717, 1.165) is 86.9 Å². The highest BCUT2D eigenvalue weighted by Crippen LogP contribution is 2.46. The quantitative estimate of drug-likeness (QED) is 0.0479. The van der Waals surface area contributed by atoms with Crippen LogP contribution in [0.2, 0.25) is 0 Å². The fourth-order valence-electron chi connectivity index (χ4n) is 14.3. The molecule has 9 aromatic rings. The van der Waals surface area contributed by atoms with Gasteiger partial charge in [-0.15, -0.1) is 0 Å². The van der Waals surface area contributed by atoms with Gasteiger partial charge in [-0.05, 0) is 233 Å². The summed E-state index contributed by atoms with van der Waals surface area (Å²) in [5.74, 6) is 5.13. The van der Waals surface area contributed by atoms with Crippen LogP contribution in [0.1, 0.15) is 260 Å². The number of methoxy groups -OCH3 is 1. The van der Waals surface area contributed by atoms with Crippen molar-refractivity contribution in [2.75, 3.05) is 13.7 Å². The van der Waals surface area contributed by atoms with Gasteiger partial charge in [0.25, 0.3) is 0 Å². The van der Waals surface area contributed by atoms with Gasteiger partial charge in [-0.25, -0.2) is 0 Å². The maximum Gasteiger partial charge on any atom is 0.235 e. The molecule has 2 atom stereocenters. The van der Waals surface area contributed by atoms with Crippen LogP contribution in [0.5, 0.6) is 46.0 Å². The summed E-state index contributed by atoms with van der Waals surface area (Å²) < 4.78 is 17.3. The van der Waals surface area contributed by atoms with Gasteiger partial charge in [0.2, 0.25) is 11.2 Å². The first kappa shape index (κ1) is 96.8. The van der Waals surface area contributed by atoms with Gasteiger partial charge in [0, 0.05) is 28.3 Å². The normalized spacial score (nSPS) is 15.2. The second-order valence-electron chi connectivity index (χ2n) is 37.0. The van der Waals surface area contributed by atoms with Crippen LogP contribution >= 0.6 is 0 Å². The summed E-state index contributed by atoms with van der Waals surface area (Å²) >= 11 is 0. The molecule has 12 nitrogen and oxygen atoms in total. The number of hydrogen-bond donors (Lipinski definition) is 7. The van der Waals surface area contributed by atoms with Gasteiger partial charge in [0.1, 0.15) is 56.9 Å². The number of phenols is 5. The van der Waals surface area contributed by atoms with Gasteiger partial charge in [0.15, 0.2) is 5.76 Å². The number of allylic oxidation sites excluding steroid dienone is 9. The van der Waals surface area contributed by atoms with Crippen molar-refractivity contribution in [2.45, 2.75) is 271 Å². The van der Waals surface area contributed by atoms with E-state index in [1.165, 1.54) is 84.8 Å². The number of phenolic OH excluding ortho intramolecular Hbond substituents is 5. The third-order valence-corrected chi connectivity index (χ3v) is 21.7. The molecular weight excluding hydrogens is 1440 g/mol. The molecule has 7 N–H and O–H groups in total. The second kappa shape index (κ2) is 43.4. The van der Waals surface area contributed by atoms with Crippen LogP contribution in [0.4, 0.5) is 0 Å². The molecule has 0 saturated carbocycles. The van der Waals surface area contributed by atoms with Crippen molar-refractivity contribution in [3.05, 3.63) is 265 Å². The summed E-state index contributed by atoms with van der Waals surface area (Å²) in [6.45, 7) is 54.1. The molecule has 1 aliphatic carbocycles. The lowest BCUT2D eigenvalue weighted by molar-refractivity contribution is 0.0511. The molecule has 2 aromatic heterocycles. The fourth-order valence-corrected chi connectivity index (χ4v) is 14.3. The molecule has 0 bridgehead atoms.